The first-order valence-corrected chi connectivity index (χ1v) is 6.99. The van der Waals surface area contributed by atoms with Crippen molar-refractivity contribution in [3.8, 4) is 6.08 Å². The van der Waals surface area contributed by atoms with Gasteiger partial charge in [0, 0.05) is 18.6 Å². The summed E-state index contributed by atoms with van der Waals surface area (Å²) in [5.41, 5.74) is 0.940. The van der Waals surface area contributed by atoms with Crippen LogP contribution >= 0.6 is 0 Å². The molecule has 0 amide bonds. The first-order valence-electron chi connectivity index (χ1n) is 6.99. The van der Waals surface area contributed by atoms with Gasteiger partial charge in [-0.2, -0.15) is 4.98 Å². The van der Waals surface area contributed by atoms with Crippen LogP contribution in [0.25, 0.3) is 0 Å². The zero-order chi connectivity index (χ0) is 14.3. The SMILES string of the molecule is CCN(CC)CCOc1nc(CNC(C)(C)C)co1. The highest BCUT2D eigenvalue weighted by atomic mass is 16.6. The number of hydrogen-bond acceptors (Lipinski definition) is 5. The van der Waals surface area contributed by atoms with Crippen LogP contribution in [0.2, 0.25) is 0 Å². The molecule has 1 aromatic heterocycles. The predicted molar refractivity (Wildman–Crippen MR) is 76.4 cm³/mol. The largest absolute Gasteiger partial charge is 0.449 e. The fraction of sp³-hybridized carbons (Fsp3) is 0.786. The maximum Gasteiger partial charge on any atom is 0.393 e. The van der Waals surface area contributed by atoms with Crippen LogP contribution in [0.15, 0.2) is 10.7 Å². The van der Waals surface area contributed by atoms with Crippen molar-refractivity contribution in [3.63, 3.8) is 0 Å². The molecule has 1 aromatic rings. The second-order valence-electron chi connectivity index (χ2n) is 5.58. The molecule has 19 heavy (non-hydrogen) atoms. The number of ether oxygens (including phenoxy) is 1. The molecule has 110 valence electrons. The van der Waals surface area contributed by atoms with Crippen LogP contribution < -0.4 is 10.1 Å². The van der Waals surface area contributed by atoms with E-state index in [1.165, 1.54) is 0 Å². The number of nitrogens with zero attached hydrogens (tertiary/aromatic N) is 2. The maximum atomic E-state index is 5.51. The van der Waals surface area contributed by atoms with Gasteiger partial charge in [-0.15, -0.1) is 0 Å². The topological polar surface area (TPSA) is 50.5 Å². The van der Waals surface area contributed by atoms with Gasteiger partial charge in [0.2, 0.25) is 0 Å². The number of nitrogens with one attached hydrogen (secondary N) is 1. The number of likely N-dealkylation sites (N-methyl/N-ethyl adjacent to an activating group) is 1. The summed E-state index contributed by atoms with van der Waals surface area (Å²) in [6, 6.07) is 0. The molecule has 1 rings (SSSR count). The molecule has 0 atom stereocenters. The molecule has 5 nitrogen and oxygen atoms in total. The molecule has 0 aliphatic rings. The van der Waals surface area contributed by atoms with Crippen molar-refractivity contribution in [2.75, 3.05) is 26.2 Å². The molecule has 0 saturated carbocycles. The van der Waals surface area contributed by atoms with Gasteiger partial charge in [0.05, 0.1) is 5.69 Å². The third-order valence-corrected chi connectivity index (χ3v) is 2.86. The van der Waals surface area contributed by atoms with E-state index in [4.69, 9.17) is 9.15 Å². The zero-order valence-corrected chi connectivity index (χ0v) is 12.8. The second-order valence-corrected chi connectivity index (χ2v) is 5.58. The number of hydrogen-bond donors (Lipinski definition) is 1. The molecule has 0 spiro atoms. The summed E-state index contributed by atoms with van der Waals surface area (Å²) in [7, 11) is 0. The average molecular weight is 269 g/mol. The van der Waals surface area contributed by atoms with E-state index in [1.807, 2.05) is 0 Å². The minimum Gasteiger partial charge on any atom is -0.449 e. The maximum absolute atomic E-state index is 5.51. The Hall–Kier alpha value is -1.07. The van der Waals surface area contributed by atoms with Crippen molar-refractivity contribution in [2.24, 2.45) is 0 Å². The number of aromatic nitrogens is 1. The number of oxazole rings is 1. The molecule has 5 heteroatoms. The molecule has 0 radical (unpaired) electrons. The van der Waals surface area contributed by atoms with Gasteiger partial charge in [-0.1, -0.05) is 13.8 Å². The van der Waals surface area contributed by atoms with Crippen LogP contribution in [0, 0.1) is 0 Å². The standard InChI is InChI=1S/C14H27N3O2/c1-6-17(7-2)8-9-18-13-16-12(11-19-13)10-15-14(3,4)5/h11,15H,6-10H2,1-5H3. The Morgan fingerprint density at radius 3 is 2.58 bits per heavy atom. The molecule has 0 bridgehead atoms. The molecule has 1 N–H and O–H groups in total. The minimum absolute atomic E-state index is 0.0721. The third-order valence-electron chi connectivity index (χ3n) is 2.86. The van der Waals surface area contributed by atoms with E-state index in [0.29, 0.717) is 19.2 Å². The molecule has 0 aromatic carbocycles. The minimum atomic E-state index is 0.0721. The summed E-state index contributed by atoms with van der Waals surface area (Å²) < 4.78 is 10.8. The van der Waals surface area contributed by atoms with Crippen LogP contribution in [0.3, 0.4) is 0 Å². The van der Waals surface area contributed by atoms with Crippen molar-refractivity contribution < 1.29 is 9.15 Å². The summed E-state index contributed by atoms with van der Waals surface area (Å²) in [6.45, 7) is 14.9. The summed E-state index contributed by atoms with van der Waals surface area (Å²) in [4.78, 5) is 6.59. The van der Waals surface area contributed by atoms with E-state index in [-0.39, 0.29) is 5.54 Å². The van der Waals surface area contributed by atoms with Crippen LogP contribution in [0.5, 0.6) is 6.08 Å². The Balaban J connectivity index is 2.30. The van der Waals surface area contributed by atoms with Crippen molar-refractivity contribution in [1.82, 2.24) is 15.2 Å². The molecule has 0 aliphatic heterocycles. The molecule has 0 unspecified atom stereocenters. The number of rotatable bonds is 8. The van der Waals surface area contributed by atoms with Gasteiger partial charge in [-0.3, -0.25) is 0 Å². The lowest BCUT2D eigenvalue weighted by atomic mass is 10.1. The van der Waals surface area contributed by atoms with E-state index in [0.717, 1.165) is 25.3 Å². The summed E-state index contributed by atoms with van der Waals surface area (Å²) in [6.07, 6.45) is 2.00. The fourth-order valence-electron chi connectivity index (χ4n) is 1.59. The molecule has 0 aliphatic carbocycles. The van der Waals surface area contributed by atoms with Crippen molar-refractivity contribution >= 4 is 0 Å². The molecule has 0 fully saturated rings. The van der Waals surface area contributed by atoms with Crippen LogP contribution in [0.1, 0.15) is 40.3 Å². The third kappa shape index (κ3) is 6.59. The summed E-state index contributed by atoms with van der Waals surface area (Å²) in [5.74, 6) is 0. The lowest BCUT2D eigenvalue weighted by molar-refractivity contribution is 0.183. The Morgan fingerprint density at radius 2 is 2.00 bits per heavy atom. The van der Waals surface area contributed by atoms with Gasteiger partial charge in [0.15, 0.2) is 0 Å². The van der Waals surface area contributed by atoms with Gasteiger partial charge in [0.1, 0.15) is 12.9 Å². The lowest BCUT2D eigenvalue weighted by Gasteiger charge is -2.19. The van der Waals surface area contributed by atoms with Crippen LogP contribution in [-0.4, -0.2) is 41.7 Å². The van der Waals surface area contributed by atoms with Crippen molar-refractivity contribution in [1.29, 1.82) is 0 Å². The molecular formula is C14H27N3O2. The van der Waals surface area contributed by atoms with E-state index < -0.39 is 0 Å². The quantitative estimate of drug-likeness (QED) is 0.784. The summed E-state index contributed by atoms with van der Waals surface area (Å²) >= 11 is 0. The van der Waals surface area contributed by atoms with Crippen molar-refractivity contribution in [3.05, 3.63) is 12.0 Å². The zero-order valence-electron chi connectivity index (χ0n) is 12.8. The van der Waals surface area contributed by atoms with Crippen LogP contribution in [0.4, 0.5) is 0 Å². The normalized spacial score (nSPS) is 12.1. The summed E-state index contributed by atoms with van der Waals surface area (Å²) in [5, 5.41) is 3.36. The molecule has 0 saturated heterocycles. The van der Waals surface area contributed by atoms with E-state index in [9.17, 15) is 0 Å². The van der Waals surface area contributed by atoms with Crippen molar-refractivity contribution in [2.45, 2.75) is 46.7 Å². The van der Waals surface area contributed by atoms with E-state index >= 15 is 0 Å². The Kier molecular flexibility index (Phi) is 6.31. The average Bonchev–Trinajstić information content (AvgIpc) is 2.79. The highest BCUT2D eigenvalue weighted by molar-refractivity contribution is 5.00. The van der Waals surface area contributed by atoms with Crippen LogP contribution in [-0.2, 0) is 6.54 Å². The molecular weight excluding hydrogens is 242 g/mol. The monoisotopic (exact) mass is 269 g/mol. The Bertz CT molecular complexity index is 354. The van der Waals surface area contributed by atoms with Gasteiger partial charge in [0.25, 0.3) is 0 Å². The van der Waals surface area contributed by atoms with Gasteiger partial charge < -0.3 is 19.4 Å². The van der Waals surface area contributed by atoms with E-state index in [1.54, 1.807) is 6.26 Å². The first-order chi connectivity index (χ1) is 8.94. The Labute approximate surface area is 116 Å². The lowest BCUT2D eigenvalue weighted by Crippen LogP contribution is -2.35. The van der Waals surface area contributed by atoms with Gasteiger partial charge in [-0.25, -0.2) is 0 Å². The van der Waals surface area contributed by atoms with Gasteiger partial charge >= 0.3 is 6.08 Å². The Morgan fingerprint density at radius 1 is 1.32 bits per heavy atom. The van der Waals surface area contributed by atoms with Gasteiger partial charge in [-0.05, 0) is 33.9 Å². The van der Waals surface area contributed by atoms with E-state index in [2.05, 4.69) is 49.8 Å². The smallest absolute Gasteiger partial charge is 0.393 e. The highest BCUT2D eigenvalue weighted by Crippen LogP contribution is 2.11. The highest BCUT2D eigenvalue weighted by Gasteiger charge is 2.11. The molecule has 1 heterocycles. The fourth-order valence-corrected chi connectivity index (χ4v) is 1.59. The predicted octanol–water partition coefficient (Wildman–Crippen LogP) is 2.28. The first kappa shape index (κ1) is 16.0. The second kappa shape index (κ2) is 7.50.